The molecule has 0 amide bonds. The number of aryl methyl sites for hydroxylation is 1. The SMILES string of the molecule is CC(=Cc1ccc(N2CCOCC2)cc1)C(Cc1ccc(C)cc1)N(C)C. The van der Waals surface area contributed by atoms with Gasteiger partial charge in [0.05, 0.1) is 13.2 Å². The maximum absolute atomic E-state index is 5.45. The Balaban J connectivity index is 1.71. The number of morpholine rings is 1. The Morgan fingerprint density at radius 3 is 2.26 bits per heavy atom. The molecule has 0 spiro atoms. The molecule has 2 aromatic carbocycles. The molecule has 0 radical (unpaired) electrons. The van der Waals surface area contributed by atoms with Gasteiger partial charge in [-0.3, -0.25) is 0 Å². The van der Waals surface area contributed by atoms with E-state index >= 15 is 0 Å². The monoisotopic (exact) mass is 364 g/mol. The van der Waals surface area contributed by atoms with Crippen molar-refractivity contribution >= 4 is 11.8 Å². The van der Waals surface area contributed by atoms with Gasteiger partial charge < -0.3 is 14.5 Å². The molecule has 3 heteroatoms. The van der Waals surface area contributed by atoms with Crippen LogP contribution in [0, 0.1) is 6.92 Å². The summed E-state index contributed by atoms with van der Waals surface area (Å²) in [5.74, 6) is 0. The molecule has 0 bridgehead atoms. The van der Waals surface area contributed by atoms with Gasteiger partial charge >= 0.3 is 0 Å². The average molecular weight is 365 g/mol. The largest absolute Gasteiger partial charge is 0.378 e. The highest BCUT2D eigenvalue weighted by atomic mass is 16.5. The summed E-state index contributed by atoms with van der Waals surface area (Å²) in [7, 11) is 4.33. The van der Waals surface area contributed by atoms with Crippen LogP contribution < -0.4 is 4.90 Å². The molecule has 3 rings (SSSR count). The molecule has 0 saturated carbocycles. The summed E-state index contributed by atoms with van der Waals surface area (Å²) in [6.45, 7) is 7.99. The van der Waals surface area contributed by atoms with Crippen molar-refractivity contribution in [2.75, 3.05) is 45.3 Å². The molecule has 1 aliphatic heterocycles. The standard InChI is InChI=1S/C24H32N2O/c1-19-5-7-22(8-6-19)18-24(25(3)4)20(2)17-21-9-11-23(12-10-21)26-13-15-27-16-14-26/h5-12,17,24H,13-16,18H2,1-4H3. The molecule has 2 aromatic rings. The molecule has 0 aromatic heterocycles. The van der Waals surface area contributed by atoms with Crippen molar-refractivity contribution in [3.63, 3.8) is 0 Å². The predicted octanol–water partition coefficient (Wildman–Crippen LogP) is 4.41. The molecule has 1 saturated heterocycles. The van der Waals surface area contributed by atoms with Crippen LogP contribution in [-0.4, -0.2) is 51.3 Å². The summed E-state index contributed by atoms with van der Waals surface area (Å²) in [5.41, 5.74) is 6.64. The molecular formula is C24H32N2O. The molecular weight excluding hydrogens is 332 g/mol. The minimum atomic E-state index is 0.395. The summed E-state index contributed by atoms with van der Waals surface area (Å²) < 4.78 is 5.45. The van der Waals surface area contributed by atoms with Crippen molar-refractivity contribution in [3.05, 3.63) is 70.8 Å². The zero-order valence-corrected chi connectivity index (χ0v) is 17.1. The number of ether oxygens (including phenoxy) is 1. The van der Waals surface area contributed by atoms with Crippen molar-refractivity contribution in [2.24, 2.45) is 0 Å². The molecule has 1 unspecified atom stereocenters. The van der Waals surface area contributed by atoms with Gasteiger partial charge in [0.25, 0.3) is 0 Å². The van der Waals surface area contributed by atoms with Crippen LogP contribution in [0.2, 0.25) is 0 Å². The highest BCUT2D eigenvalue weighted by Crippen LogP contribution is 2.21. The fraction of sp³-hybridized carbons (Fsp3) is 0.417. The Hall–Kier alpha value is -2.10. The highest BCUT2D eigenvalue weighted by molar-refractivity contribution is 5.58. The minimum Gasteiger partial charge on any atom is -0.378 e. The van der Waals surface area contributed by atoms with Crippen molar-refractivity contribution in [3.8, 4) is 0 Å². The van der Waals surface area contributed by atoms with Crippen LogP contribution in [0.4, 0.5) is 5.69 Å². The Kier molecular flexibility index (Phi) is 6.70. The van der Waals surface area contributed by atoms with E-state index in [-0.39, 0.29) is 0 Å². The highest BCUT2D eigenvalue weighted by Gasteiger charge is 2.15. The van der Waals surface area contributed by atoms with Crippen molar-refractivity contribution in [1.29, 1.82) is 0 Å². The third kappa shape index (κ3) is 5.44. The number of hydrogen-bond donors (Lipinski definition) is 0. The van der Waals surface area contributed by atoms with Gasteiger partial charge in [-0.25, -0.2) is 0 Å². The second-order valence-electron chi connectivity index (χ2n) is 7.75. The fourth-order valence-electron chi connectivity index (χ4n) is 3.66. The second-order valence-corrected chi connectivity index (χ2v) is 7.75. The summed E-state index contributed by atoms with van der Waals surface area (Å²) in [4.78, 5) is 4.71. The topological polar surface area (TPSA) is 15.7 Å². The van der Waals surface area contributed by atoms with E-state index in [1.54, 1.807) is 0 Å². The van der Waals surface area contributed by atoms with E-state index in [4.69, 9.17) is 4.74 Å². The van der Waals surface area contributed by atoms with Gasteiger partial charge in [-0.1, -0.05) is 53.6 Å². The fourth-order valence-corrected chi connectivity index (χ4v) is 3.66. The smallest absolute Gasteiger partial charge is 0.0642 e. The van der Waals surface area contributed by atoms with Crippen molar-refractivity contribution in [1.82, 2.24) is 4.90 Å². The van der Waals surface area contributed by atoms with Crippen LogP contribution in [0.15, 0.2) is 54.1 Å². The maximum atomic E-state index is 5.45. The molecule has 0 N–H and O–H groups in total. The third-order valence-corrected chi connectivity index (χ3v) is 5.36. The van der Waals surface area contributed by atoms with Crippen LogP contribution in [0.5, 0.6) is 0 Å². The molecule has 0 aliphatic carbocycles. The third-order valence-electron chi connectivity index (χ3n) is 5.36. The van der Waals surface area contributed by atoms with E-state index in [1.807, 2.05) is 0 Å². The minimum absolute atomic E-state index is 0.395. The first-order chi connectivity index (χ1) is 13.0. The Morgan fingerprint density at radius 1 is 1.04 bits per heavy atom. The van der Waals surface area contributed by atoms with Crippen LogP contribution in [0.25, 0.3) is 6.08 Å². The van der Waals surface area contributed by atoms with Crippen LogP contribution in [0.3, 0.4) is 0 Å². The van der Waals surface area contributed by atoms with Crippen molar-refractivity contribution < 1.29 is 4.74 Å². The van der Waals surface area contributed by atoms with Crippen molar-refractivity contribution in [2.45, 2.75) is 26.3 Å². The Morgan fingerprint density at radius 2 is 1.67 bits per heavy atom. The number of anilines is 1. The lowest BCUT2D eigenvalue weighted by Gasteiger charge is -2.29. The maximum Gasteiger partial charge on any atom is 0.0642 e. The Labute approximate surface area is 164 Å². The summed E-state index contributed by atoms with van der Waals surface area (Å²) in [6.07, 6.45) is 3.35. The summed E-state index contributed by atoms with van der Waals surface area (Å²) in [6, 6.07) is 18.2. The zero-order valence-electron chi connectivity index (χ0n) is 17.1. The van der Waals surface area contributed by atoms with E-state index in [1.165, 1.54) is 28.0 Å². The lowest BCUT2D eigenvalue weighted by molar-refractivity contribution is 0.122. The number of nitrogens with zero attached hydrogens (tertiary/aromatic N) is 2. The lowest BCUT2D eigenvalue weighted by atomic mass is 9.96. The van der Waals surface area contributed by atoms with Gasteiger partial charge in [-0.05, 0) is 57.6 Å². The first-order valence-electron chi connectivity index (χ1n) is 9.86. The number of likely N-dealkylation sites (N-methyl/N-ethyl adjacent to an activating group) is 1. The van der Waals surface area contributed by atoms with Crippen LogP contribution in [-0.2, 0) is 11.2 Å². The molecule has 27 heavy (non-hydrogen) atoms. The second kappa shape index (κ2) is 9.20. The lowest BCUT2D eigenvalue weighted by Crippen LogP contribution is -2.36. The van der Waals surface area contributed by atoms with E-state index in [0.29, 0.717) is 6.04 Å². The predicted molar refractivity (Wildman–Crippen MR) is 115 cm³/mol. The van der Waals surface area contributed by atoms with E-state index in [9.17, 15) is 0 Å². The molecule has 144 valence electrons. The normalized spacial score (nSPS) is 16.6. The van der Waals surface area contributed by atoms with Crippen LogP contribution in [0.1, 0.15) is 23.6 Å². The van der Waals surface area contributed by atoms with Gasteiger partial charge in [0.15, 0.2) is 0 Å². The van der Waals surface area contributed by atoms with Gasteiger partial charge in [0, 0.05) is 24.8 Å². The zero-order chi connectivity index (χ0) is 19.2. The molecule has 1 fully saturated rings. The van der Waals surface area contributed by atoms with Gasteiger partial charge in [-0.15, -0.1) is 0 Å². The number of hydrogen-bond acceptors (Lipinski definition) is 3. The quantitative estimate of drug-likeness (QED) is 0.755. The van der Waals surface area contributed by atoms with E-state index in [0.717, 1.165) is 32.7 Å². The van der Waals surface area contributed by atoms with E-state index < -0.39 is 0 Å². The van der Waals surface area contributed by atoms with Gasteiger partial charge in [-0.2, -0.15) is 0 Å². The molecule has 1 heterocycles. The molecule has 1 atom stereocenters. The first-order valence-corrected chi connectivity index (χ1v) is 9.86. The molecule has 3 nitrogen and oxygen atoms in total. The first kappa shape index (κ1) is 19.7. The Bertz CT molecular complexity index is 741. The van der Waals surface area contributed by atoms with Crippen LogP contribution >= 0.6 is 0 Å². The van der Waals surface area contributed by atoms with Gasteiger partial charge in [0.1, 0.15) is 0 Å². The summed E-state index contributed by atoms with van der Waals surface area (Å²) >= 11 is 0. The van der Waals surface area contributed by atoms with E-state index in [2.05, 4.69) is 92.3 Å². The molecule has 1 aliphatic rings. The summed E-state index contributed by atoms with van der Waals surface area (Å²) in [5, 5.41) is 0. The van der Waals surface area contributed by atoms with Gasteiger partial charge in [0.2, 0.25) is 0 Å². The number of rotatable bonds is 6. The average Bonchev–Trinajstić information content (AvgIpc) is 2.68. The number of benzene rings is 2.